The second-order valence-corrected chi connectivity index (χ2v) is 16.1. The molecule has 0 aliphatic carbocycles. The molecule has 2 heterocycles. The molecule has 4 aromatic rings. The maximum absolute atomic E-state index is 14.7. The number of thiazole rings is 1. The van der Waals surface area contributed by atoms with E-state index >= 15 is 0 Å². The van der Waals surface area contributed by atoms with Crippen molar-refractivity contribution in [3.05, 3.63) is 104 Å². The third kappa shape index (κ3) is 8.06. The summed E-state index contributed by atoms with van der Waals surface area (Å²) in [6.45, 7) is 14.0. The molecule has 2 atom stereocenters. The van der Waals surface area contributed by atoms with Crippen molar-refractivity contribution in [3.63, 3.8) is 0 Å². The first-order chi connectivity index (χ1) is 23.6. The molecule has 2 unspecified atom stereocenters. The molecule has 4 N–H and O–H groups in total. The lowest BCUT2D eigenvalue weighted by Crippen LogP contribution is -2.38. The average molecular weight is 724 g/mol. The Kier molecular flexibility index (Phi) is 11.7. The number of carbonyl (C=O) groups excluding carboxylic acids is 1. The van der Waals surface area contributed by atoms with Gasteiger partial charge in [-0.2, -0.15) is 13.2 Å². The van der Waals surface area contributed by atoms with Crippen LogP contribution in [0.25, 0.3) is 0 Å². The summed E-state index contributed by atoms with van der Waals surface area (Å²) in [6.07, 6.45) is -1.68. The maximum Gasteiger partial charge on any atom is 0.416 e. The summed E-state index contributed by atoms with van der Waals surface area (Å²) in [6, 6.07) is 18.2. The van der Waals surface area contributed by atoms with E-state index in [1.165, 1.54) is 18.0 Å². The number of nitrogens with two attached hydrogens (primary N) is 2. The van der Waals surface area contributed by atoms with Crippen LogP contribution in [0.3, 0.4) is 0 Å². The van der Waals surface area contributed by atoms with Crippen LogP contribution in [0.5, 0.6) is 0 Å². The summed E-state index contributed by atoms with van der Waals surface area (Å²) in [4.78, 5) is 21.8. The Labute approximate surface area is 302 Å². The molecule has 0 radical (unpaired) electrons. The molecule has 0 spiro atoms. The largest absolute Gasteiger partial charge is 0.416 e. The number of hydrazine groups is 1. The molecule has 3 aromatic carbocycles. The van der Waals surface area contributed by atoms with Crippen molar-refractivity contribution < 1.29 is 18.0 Å². The van der Waals surface area contributed by atoms with Gasteiger partial charge in [-0.25, -0.2) is 15.1 Å². The summed E-state index contributed by atoms with van der Waals surface area (Å²) in [5.41, 5.74) is 11.2. The van der Waals surface area contributed by atoms with Gasteiger partial charge in [-0.3, -0.25) is 4.79 Å². The second kappa shape index (κ2) is 15.5. The predicted octanol–water partition coefficient (Wildman–Crippen LogP) is 9.51. The molecule has 268 valence electrons. The van der Waals surface area contributed by atoms with Gasteiger partial charge in [0.1, 0.15) is 10.8 Å². The fourth-order valence-electron chi connectivity index (χ4n) is 6.95. The summed E-state index contributed by atoms with van der Waals surface area (Å²) < 4.78 is 42.4. The highest BCUT2D eigenvalue weighted by Crippen LogP contribution is 2.48. The minimum absolute atomic E-state index is 0.178. The number of carbonyl (C=O) groups is 1. The monoisotopic (exact) mass is 723 g/mol. The van der Waals surface area contributed by atoms with E-state index in [1.54, 1.807) is 22.4 Å². The number of hydrogen-bond donors (Lipinski definition) is 2. The molecule has 11 heteroatoms. The van der Waals surface area contributed by atoms with Crippen molar-refractivity contribution in [2.24, 2.45) is 17.2 Å². The molecule has 0 saturated carbocycles. The predicted molar refractivity (Wildman–Crippen MR) is 200 cm³/mol. The molecule has 0 saturated heterocycles. The highest BCUT2D eigenvalue weighted by atomic mass is 32.2. The van der Waals surface area contributed by atoms with Gasteiger partial charge in [0, 0.05) is 40.1 Å². The van der Waals surface area contributed by atoms with Crippen molar-refractivity contribution >= 4 is 40.4 Å². The Bertz CT molecular complexity index is 1810. The van der Waals surface area contributed by atoms with Gasteiger partial charge in [0.05, 0.1) is 29.2 Å². The molecule has 0 fully saturated rings. The average Bonchev–Trinajstić information content (AvgIpc) is 3.30. The quantitative estimate of drug-likeness (QED) is 0.0652. The molecule has 1 aliphatic heterocycles. The van der Waals surface area contributed by atoms with E-state index in [9.17, 15) is 18.0 Å². The standard InChI is InChI=1S/C39H48F3N5OS2/c1-7-27(21-26-13-10-9-11-14-26)36(48)38(5,6)34(30-17-18-32(47(44)8-2)35(43)24(30)3)37-45-31(25(4)49-37)23-46-20-12-15-28-22-29(39(40,41)42)16-19-33(28)50-46/h9-11,13-14,16-19,22,27,34H,7-8,12,15,20-21,23,43-44H2,1-6H3. The fourth-order valence-corrected chi connectivity index (χ4v) is 9.28. The normalized spacial score (nSPS) is 15.3. The topological polar surface area (TPSA) is 88.5 Å². The molecule has 5 rings (SSSR count). The first-order valence-electron chi connectivity index (χ1n) is 17.2. The van der Waals surface area contributed by atoms with Crippen LogP contribution in [0.15, 0.2) is 65.6 Å². The van der Waals surface area contributed by atoms with Crippen molar-refractivity contribution in [2.45, 2.75) is 90.8 Å². The van der Waals surface area contributed by atoms with E-state index in [0.29, 0.717) is 44.6 Å². The Morgan fingerprint density at radius 2 is 1.78 bits per heavy atom. The third-order valence-corrected chi connectivity index (χ3v) is 12.2. The number of anilines is 2. The van der Waals surface area contributed by atoms with Gasteiger partial charge in [-0.05, 0) is 105 Å². The van der Waals surface area contributed by atoms with Gasteiger partial charge >= 0.3 is 6.18 Å². The lowest BCUT2D eigenvalue weighted by molar-refractivity contribution is -0.137. The summed E-state index contributed by atoms with van der Waals surface area (Å²) in [5, 5.41) is 2.47. The number of nitrogen functional groups attached to an aromatic ring is 1. The Balaban J connectivity index is 1.52. The van der Waals surface area contributed by atoms with Crippen molar-refractivity contribution in [1.82, 2.24) is 9.29 Å². The number of alkyl halides is 3. The van der Waals surface area contributed by atoms with Crippen LogP contribution in [0, 0.1) is 25.2 Å². The van der Waals surface area contributed by atoms with Gasteiger partial charge in [-0.15, -0.1) is 11.3 Å². The molecule has 0 bridgehead atoms. The first kappa shape index (κ1) is 37.9. The molecule has 0 amide bonds. The lowest BCUT2D eigenvalue weighted by atomic mass is 9.67. The van der Waals surface area contributed by atoms with Crippen molar-refractivity contribution in [1.29, 1.82) is 0 Å². The van der Waals surface area contributed by atoms with E-state index in [-0.39, 0.29) is 17.6 Å². The molecule has 6 nitrogen and oxygen atoms in total. The number of ketones is 1. The SMILES string of the molecule is CCC(Cc1ccccc1)C(=O)C(C)(C)C(c1nc(CN2CCCc3cc(C(F)(F)F)ccc3S2)c(C)s1)c1ccc(N(N)CC)c(N)c1C. The summed E-state index contributed by atoms with van der Waals surface area (Å²) >= 11 is 3.09. The highest BCUT2D eigenvalue weighted by Gasteiger charge is 2.44. The first-order valence-corrected chi connectivity index (χ1v) is 18.8. The zero-order valence-corrected chi connectivity index (χ0v) is 31.4. The maximum atomic E-state index is 14.7. The molecule has 1 aliphatic rings. The Hall–Kier alpha value is -3.38. The number of rotatable bonds is 12. The van der Waals surface area contributed by atoms with Gasteiger partial charge in [0.15, 0.2) is 0 Å². The van der Waals surface area contributed by atoms with Crippen LogP contribution in [-0.2, 0) is 30.4 Å². The van der Waals surface area contributed by atoms with Crippen LogP contribution in [0.1, 0.15) is 89.9 Å². The van der Waals surface area contributed by atoms with E-state index < -0.39 is 17.2 Å². The number of nitrogens with zero attached hydrogens (tertiary/aromatic N) is 3. The van der Waals surface area contributed by atoms with Crippen molar-refractivity contribution in [2.75, 3.05) is 23.8 Å². The summed E-state index contributed by atoms with van der Waals surface area (Å²) in [7, 11) is 0. The number of hydrogen-bond acceptors (Lipinski definition) is 8. The van der Waals surface area contributed by atoms with Gasteiger partial charge < -0.3 is 10.7 Å². The van der Waals surface area contributed by atoms with E-state index in [0.717, 1.165) is 60.9 Å². The number of benzene rings is 3. The highest BCUT2D eigenvalue weighted by molar-refractivity contribution is 7.97. The molecular weight excluding hydrogens is 676 g/mol. The van der Waals surface area contributed by atoms with Crippen LogP contribution >= 0.6 is 23.3 Å². The minimum Gasteiger partial charge on any atom is -0.397 e. The van der Waals surface area contributed by atoms with Crippen LogP contribution in [0.2, 0.25) is 0 Å². The Morgan fingerprint density at radius 1 is 1.06 bits per heavy atom. The number of Topliss-reactive ketones (excluding diaryl/α,β-unsaturated/α-hetero) is 1. The van der Waals surface area contributed by atoms with Crippen LogP contribution in [0.4, 0.5) is 24.5 Å². The fraction of sp³-hybridized carbons (Fsp3) is 0.436. The Morgan fingerprint density at radius 3 is 2.44 bits per heavy atom. The number of aromatic nitrogens is 1. The molecular formula is C39H48F3N5OS2. The van der Waals surface area contributed by atoms with Gasteiger partial charge in [0.2, 0.25) is 0 Å². The minimum atomic E-state index is -4.37. The van der Waals surface area contributed by atoms with Crippen molar-refractivity contribution in [3.8, 4) is 0 Å². The molecule has 50 heavy (non-hydrogen) atoms. The van der Waals surface area contributed by atoms with Crippen LogP contribution in [-0.4, -0.2) is 28.2 Å². The van der Waals surface area contributed by atoms with Gasteiger partial charge in [-0.1, -0.05) is 57.2 Å². The van der Waals surface area contributed by atoms with E-state index in [4.69, 9.17) is 16.6 Å². The number of fused-ring (bicyclic) bond motifs is 1. The van der Waals surface area contributed by atoms with Gasteiger partial charge in [0.25, 0.3) is 0 Å². The zero-order chi connectivity index (χ0) is 36.4. The number of aryl methyl sites for hydroxylation is 2. The van der Waals surface area contributed by atoms with E-state index in [2.05, 4.69) is 30.3 Å². The van der Waals surface area contributed by atoms with E-state index in [1.807, 2.05) is 58.0 Å². The molecule has 1 aromatic heterocycles. The number of halogens is 3. The third-order valence-electron chi connectivity index (χ3n) is 9.99. The lowest BCUT2D eigenvalue weighted by Gasteiger charge is -2.36. The smallest absolute Gasteiger partial charge is 0.397 e. The van der Waals surface area contributed by atoms with Crippen LogP contribution < -0.4 is 16.6 Å². The summed E-state index contributed by atoms with van der Waals surface area (Å²) in [5.74, 6) is 5.90. The zero-order valence-electron chi connectivity index (χ0n) is 29.7. The second-order valence-electron chi connectivity index (χ2n) is 13.7.